The van der Waals surface area contributed by atoms with Crippen LogP contribution >= 0.6 is 22.9 Å². The standard InChI is InChI=1S/C18H11ClF4N2O3S/c1-2-11(17(27)28)25-12-6-10(21)13(22)14(23)15(12)29-18(25)24-16(26)7-3-4-9(20)8(19)5-7/h3-6,11H,2H2,1H3,(H,27,28)/b24-18-. The zero-order valence-corrected chi connectivity index (χ0v) is 16.1. The lowest BCUT2D eigenvalue weighted by Gasteiger charge is -2.13. The molecule has 3 rings (SSSR count). The van der Waals surface area contributed by atoms with Gasteiger partial charge in [-0.05, 0) is 24.6 Å². The number of fused-ring (bicyclic) bond motifs is 1. The summed E-state index contributed by atoms with van der Waals surface area (Å²) in [6.07, 6.45) is -0.00840. The Labute approximate surface area is 169 Å². The van der Waals surface area contributed by atoms with E-state index in [1.807, 2.05) is 0 Å². The number of nitrogens with zero attached hydrogens (tertiary/aromatic N) is 2. The topological polar surface area (TPSA) is 71.7 Å². The van der Waals surface area contributed by atoms with Crippen LogP contribution in [0.15, 0.2) is 29.3 Å². The third-order valence-electron chi connectivity index (χ3n) is 4.10. The van der Waals surface area contributed by atoms with Gasteiger partial charge in [-0.3, -0.25) is 4.79 Å². The Kier molecular flexibility index (Phi) is 5.76. The number of rotatable bonds is 4. The third-order valence-corrected chi connectivity index (χ3v) is 5.46. The highest BCUT2D eigenvalue weighted by molar-refractivity contribution is 7.16. The Hall–Kier alpha value is -2.72. The van der Waals surface area contributed by atoms with Crippen LogP contribution in [0.4, 0.5) is 17.6 Å². The Morgan fingerprint density at radius 3 is 2.45 bits per heavy atom. The van der Waals surface area contributed by atoms with E-state index in [0.29, 0.717) is 17.4 Å². The van der Waals surface area contributed by atoms with Crippen LogP contribution in [0.3, 0.4) is 0 Å². The normalized spacial score (nSPS) is 13.1. The first-order chi connectivity index (χ1) is 13.6. The number of carboxylic acid groups (broad SMARTS) is 1. The monoisotopic (exact) mass is 446 g/mol. The average molecular weight is 447 g/mol. The van der Waals surface area contributed by atoms with Crippen molar-refractivity contribution in [2.24, 2.45) is 4.99 Å². The maximum absolute atomic E-state index is 14.2. The zero-order chi connectivity index (χ0) is 21.5. The number of carbonyl (C=O) groups is 2. The van der Waals surface area contributed by atoms with Crippen molar-refractivity contribution in [3.05, 3.63) is 62.9 Å². The van der Waals surface area contributed by atoms with E-state index in [1.54, 1.807) is 0 Å². The molecule has 0 bridgehead atoms. The molecule has 0 aliphatic heterocycles. The highest BCUT2D eigenvalue weighted by Crippen LogP contribution is 2.28. The first-order valence-corrected chi connectivity index (χ1v) is 9.30. The van der Waals surface area contributed by atoms with Crippen molar-refractivity contribution in [2.45, 2.75) is 19.4 Å². The van der Waals surface area contributed by atoms with Gasteiger partial charge in [0.25, 0.3) is 5.91 Å². The number of carbonyl (C=O) groups excluding carboxylic acids is 1. The van der Waals surface area contributed by atoms with Gasteiger partial charge in [0, 0.05) is 11.6 Å². The van der Waals surface area contributed by atoms with Gasteiger partial charge in [0.2, 0.25) is 0 Å². The van der Waals surface area contributed by atoms with Gasteiger partial charge < -0.3 is 9.67 Å². The molecule has 152 valence electrons. The second kappa shape index (κ2) is 7.96. The summed E-state index contributed by atoms with van der Waals surface area (Å²) in [6, 6.07) is 2.40. The molecule has 0 aliphatic carbocycles. The van der Waals surface area contributed by atoms with Gasteiger partial charge in [-0.15, -0.1) is 0 Å². The van der Waals surface area contributed by atoms with Gasteiger partial charge in [0.15, 0.2) is 22.3 Å². The van der Waals surface area contributed by atoms with Crippen LogP contribution in [0, 0.1) is 23.3 Å². The number of thiazole rings is 1. The maximum atomic E-state index is 14.2. The molecule has 0 saturated heterocycles. The Balaban J connectivity index is 2.32. The number of hydrogen-bond donors (Lipinski definition) is 1. The minimum absolute atomic E-state index is 0.00840. The molecule has 11 heteroatoms. The summed E-state index contributed by atoms with van der Waals surface area (Å²) in [5.41, 5.74) is -0.369. The van der Waals surface area contributed by atoms with Gasteiger partial charge in [-0.2, -0.15) is 4.99 Å². The van der Waals surface area contributed by atoms with Crippen LogP contribution in [-0.4, -0.2) is 21.6 Å². The Morgan fingerprint density at radius 2 is 1.86 bits per heavy atom. The Bertz CT molecular complexity index is 1220. The lowest BCUT2D eigenvalue weighted by molar-refractivity contribution is -0.140. The molecule has 3 aromatic rings. The summed E-state index contributed by atoms with van der Waals surface area (Å²) in [5, 5.41) is 9.15. The third kappa shape index (κ3) is 3.77. The fourth-order valence-corrected chi connectivity index (χ4v) is 3.97. The zero-order valence-electron chi connectivity index (χ0n) is 14.6. The predicted octanol–water partition coefficient (Wildman–Crippen LogP) is 4.69. The van der Waals surface area contributed by atoms with E-state index < -0.39 is 45.9 Å². The second-order valence-electron chi connectivity index (χ2n) is 5.90. The molecule has 1 unspecified atom stereocenters. The minimum Gasteiger partial charge on any atom is -0.480 e. The van der Waals surface area contributed by atoms with Gasteiger partial charge >= 0.3 is 5.97 Å². The lowest BCUT2D eigenvalue weighted by Crippen LogP contribution is -2.27. The van der Waals surface area contributed by atoms with E-state index >= 15 is 0 Å². The predicted molar refractivity (Wildman–Crippen MR) is 98.0 cm³/mol. The SMILES string of the molecule is CCC(C(=O)O)n1/c(=N/C(=O)c2ccc(F)c(Cl)c2)sc2c(F)c(F)c(F)cc21. The van der Waals surface area contributed by atoms with E-state index in [2.05, 4.69) is 4.99 Å². The largest absolute Gasteiger partial charge is 0.480 e. The fourth-order valence-electron chi connectivity index (χ4n) is 2.71. The molecule has 2 aromatic carbocycles. The lowest BCUT2D eigenvalue weighted by atomic mass is 10.2. The van der Waals surface area contributed by atoms with Crippen LogP contribution in [0.5, 0.6) is 0 Å². The van der Waals surface area contributed by atoms with Crippen molar-refractivity contribution in [1.82, 2.24) is 4.57 Å². The van der Waals surface area contributed by atoms with E-state index in [1.165, 1.54) is 6.92 Å². The number of benzene rings is 2. The van der Waals surface area contributed by atoms with E-state index in [-0.39, 0.29) is 27.3 Å². The van der Waals surface area contributed by atoms with Gasteiger partial charge in [-0.1, -0.05) is 29.9 Å². The summed E-state index contributed by atoms with van der Waals surface area (Å²) >= 11 is 6.13. The van der Waals surface area contributed by atoms with Gasteiger partial charge in [0.05, 0.1) is 15.2 Å². The number of aromatic nitrogens is 1. The van der Waals surface area contributed by atoms with Crippen molar-refractivity contribution in [3.8, 4) is 0 Å². The van der Waals surface area contributed by atoms with Crippen molar-refractivity contribution >= 4 is 45.0 Å². The molecule has 5 nitrogen and oxygen atoms in total. The molecule has 0 aliphatic rings. The summed E-state index contributed by atoms with van der Waals surface area (Å²) in [4.78, 5) is 27.6. The number of aliphatic carboxylic acids is 1. The fraction of sp³-hybridized carbons (Fsp3) is 0.167. The molecular formula is C18H11ClF4N2O3S. The van der Waals surface area contributed by atoms with E-state index in [0.717, 1.165) is 22.8 Å². The molecule has 1 atom stereocenters. The minimum atomic E-state index is -1.72. The highest BCUT2D eigenvalue weighted by Gasteiger charge is 2.26. The highest BCUT2D eigenvalue weighted by atomic mass is 35.5. The van der Waals surface area contributed by atoms with E-state index in [9.17, 15) is 32.3 Å². The first-order valence-electron chi connectivity index (χ1n) is 8.11. The number of halogens is 5. The molecule has 1 amide bonds. The summed E-state index contributed by atoms with van der Waals surface area (Å²) in [7, 11) is 0. The van der Waals surface area contributed by atoms with Crippen molar-refractivity contribution in [3.63, 3.8) is 0 Å². The van der Waals surface area contributed by atoms with Crippen molar-refractivity contribution in [1.29, 1.82) is 0 Å². The Morgan fingerprint density at radius 1 is 1.17 bits per heavy atom. The summed E-state index contributed by atoms with van der Waals surface area (Å²) < 4.78 is 55.5. The molecule has 0 fully saturated rings. The average Bonchev–Trinajstić information content (AvgIpc) is 3.00. The van der Waals surface area contributed by atoms with Crippen molar-refractivity contribution in [2.75, 3.05) is 0 Å². The van der Waals surface area contributed by atoms with Gasteiger partial charge in [-0.25, -0.2) is 22.4 Å². The summed E-state index contributed by atoms with van der Waals surface area (Å²) in [6.45, 7) is 1.51. The van der Waals surface area contributed by atoms with E-state index in [4.69, 9.17) is 11.6 Å². The smallest absolute Gasteiger partial charge is 0.326 e. The number of carboxylic acids is 1. The maximum Gasteiger partial charge on any atom is 0.326 e. The molecule has 1 aromatic heterocycles. The second-order valence-corrected chi connectivity index (χ2v) is 7.28. The first kappa shape index (κ1) is 21.0. The molecule has 0 saturated carbocycles. The van der Waals surface area contributed by atoms with Crippen LogP contribution in [-0.2, 0) is 4.79 Å². The molecule has 1 heterocycles. The molecule has 29 heavy (non-hydrogen) atoms. The molecule has 0 radical (unpaired) electrons. The quantitative estimate of drug-likeness (QED) is 0.467. The molecule has 0 spiro atoms. The summed E-state index contributed by atoms with van der Waals surface area (Å²) in [5.74, 6) is -7.77. The van der Waals surface area contributed by atoms with Crippen LogP contribution in [0.25, 0.3) is 10.2 Å². The number of hydrogen-bond acceptors (Lipinski definition) is 3. The van der Waals surface area contributed by atoms with Crippen molar-refractivity contribution < 1.29 is 32.3 Å². The van der Waals surface area contributed by atoms with Crippen LogP contribution in [0.1, 0.15) is 29.7 Å². The van der Waals surface area contributed by atoms with Crippen LogP contribution < -0.4 is 4.80 Å². The number of amides is 1. The molecular weight excluding hydrogens is 436 g/mol. The molecule has 1 N–H and O–H groups in total. The van der Waals surface area contributed by atoms with Crippen LogP contribution in [0.2, 0.25) is 5.02 Å². The van der Waals surface area contributed by atoms with Gasteiger partial charge in [0.1, 0.15) is 11.9 Å².